The number of hydrogen-bond donors (Lipinski definition) is 1. The molecule has 0 bridgehead atoms. The number of nitrogens with one attached hydrogen (secondary N) is 1. The summed E-state index contributed by atoms with van der Waals surface area (Å²) in [6.07, 6.45) is 9.00. The number of carbonyl (C=O) groups is 1. The number of H-pyrrole nitrogens is 1. The van der Waals surface area contributed by atoms with E-state index in [1.165, 1.54) is 16.0 Å². The fourth-order valence-electron chi connectivity index (χ4n) is 3.90. The van der Waals surface area contributed by atoms with Crippen LogP contribution in [0.25, 0.3) is 0 Å². The Labute approximate surface area is 146 Å². The highest BCUT2D eigenvalue weighted by Crippen LogP contribution is 2.43. The predicted molar refractivity (Wildman–Crippen MR) is 93.0 cm³/mol. The number of aryl methyl sites for hydroxylation is 1. The van der Waals surface area contributed by atoms with E-state index in [1.807, 2.05) is 28.6 Å². The summed E-state index contributed by atoms with van der Waals surface area (Å²) < 4.78 is 6.21. The highest BCUT2D eigenvalue weighted by atomic mass is 32.1. The summed E-state index contributed by atoms with van der Waals surface area (Å²) in [6.45, 7) is 2.42. The maximum Gasteiger partial charge on any atom is 0.222 e. The minimum Gasteiger partial charge on any atom is -0.370 e. The third-order valence-corrected chi connectivity index (χ3v) is 6.26. The van der Waals surface area contributed by atoms with Gasteiger partial charge in [0.05, 0.1) is 18.4 Å². The van der Waals surface area contributed by atoms with E-state index >= 15 is 0 Å². The fraction of sp³-hybridized carbons (Fsp3) is 0.556. The highest BCUT2D eigenvalue weighted by molar-refractivity contribution is 7.10. The number of piperidine rings is 1. The zero-order chi connectivity index (χ0) is 16.4. The summed E-state index contributed by atoms with van der Waals surface area (Å²) in [6, 6.07) is 2.22. The van der Waals surface area contributed by atoms with Gasteiger partial charge in [-0.05, 0) is 48.3 Å². The average molecular weight is 345 g/mol. The van der Waals surface area contributed by atoms with Crippen LogP contribution in [0.5, 0.6) is 0 Å². The smallest absolute Gasteiger partial charge is 0.222 e. The lowest BCUT2D eigenvalue weighted by molar-refractivity contribution is -0.140. The number of aromatic amines is 1. The van der Waals surface area contributed by atoms with Crippen LogP contribution in [0, 0.1) is 0 Å². The molecule has 4 rings (SSSR count). The Morgan fingerprint density at radius 3 is 3.08 bits per heavy atom. The van der Waals surface area contributed by atoms with Crippen molar-refractivity contribution >= 4 is 17.2 Å². The van der Waals surface area contributed by atoms with Crippen molar-refractivity contribution in [3.8, 4) is 0 Å². The highest BCUT2D eigenvalue weighted by Gasteiger charge is 2.41. The first kappa shape index (κ1) is 15.8. The molecule has 1 saturated heterocycles. The van der Waals surface area contributed by atoms with Crippen LogP contribution < -0.4 is 0 Å². The van der Waals surface area contributed by atoms with E-state index < -0.39 is 0 Å². The van der Waals surface area contributed by atoms with Gasteiger partial charge in [0.2, 0.25) is 5.91 Å². The van der Waals surface area contributed by atoms with Crippen molar-refractivity contribution in [3.05, 3.63) is 39.8 Å². The van der Waals surface area contributed by atoms with E-state index in [9.17, 15) is 4.79 Å². The Morgan fingerprint density at radius 2 is 2.29 bits per heavy atom. The molecule has 1 amide bonds. The summed E-state index contributed by atoms with van der Waals surface area (Å²) in [5.41, 5.74) is 2.41. The van der Waals surface area contributed by atoms with E-state index in [0.717, 1.165) is 51.8 Å². The van der Waals surface area contributed by atoms with Gasteiger partial charge in [0.15, 0.2) is 0 Å². The van der Waals surface area contributed by atoms with Gasteiger partial charge in [-0.1, -0.05) is 0 Å². The molecule has 4 heterocycles. The number of fused-ring (bicyclic) bond motifs is 2. The van der Waals surface area contributed by atoms with E-state index in [-0.39, 0.29) is 11.5 Å². The molecule has 1 spiro atoms. The third kappa shape index (κ3) is 3.00. The molecule has 0 saturated carbocycles. The molecule has 6 heteroatoms. The third-order valence-electron chi connectivity index (χ3n) is 5.28. The summed E-state index contributed by atoms with van der Waals surface area (Å²) >= 11 is 1.84. The van der Waals surface area contributed by atoms with Crippen molar-refractivity contribution in [1.29, 1.82) is 0 Å². The molecule has 0 atom stereocenters. The first-order chi connectivity index (χ1) is 11.8. The number of aromatic nitrogens is 2. The standard InChI is InChI=1S/C18H23N3O2S/c22-17(3-1-2-14-12-19-20-13-14)21-8-6-18(7-9-21)15-5-11-24-16(15)4-10-23-18/h5,11-13H,1-4,6-10H2,(H,19,20). The lowest BCUT2D eigenvalue weighted by Gasteiger charge is -2.44. The van der Waals surface area contributed by atoms with Crippen LogP contribution in [0.1, 0.15) is 41.7 Å². The van der Waals surface area contributed by atoms with Gasteiger partial charge in [0.25, 0.3) is 0 Å². The molecule has 128 valence electrons. The molecular formula is C18H23N3O2S. The quantitative estimate of drug-likeness (QED) is 0.927. The molecule has 1 fully saturated rings. The maximum absolute atomic E-state index is 12.5. The first-order valence-corrected chi connectivity index (χ1v) is 9.61. The van der Waals surface area contributed by atoms with Crippen LogP contribution in [0.15, 0.2) is 23.8 Å². The van der Waals surface area contributed by atoms with Crippen LogP contribution in [-0.4, -0.2) is 40.7 Å². The van der Waals surface area contributed by atoms with Crippen molar-refractivity contribution < 1.29 is 9.53 Å². The summed E-state index contributed by atoms with van der Waals surface area (Å²) in [7, 11) is 0. The Morgan fingerprint density at radius 1 is 1.42 bits per heavy atom. The Balaban J connectivity index is 1.31. The van der Waals surface area contributed by atoms with Gasteiger partial charge in [0, 0.05) is 37.0 Å². The van der Waals surface area contributed by atoms with Gasteiger partial charge >= 0.3 is 0 Å². The number of amides is 1. The van der Waals surface area contributed by atoms with Gasteiger partial charge in [-0.3, -0.25) is 9.89 Å². The number of carbonyl (C=O) groups excluding carboxylic acids is 1. The fourth-order valence-corrected chi connectivity index (χ4v) is 4.85. The normalized spacial score (nSPS) is 19.4. The first-order valence-electron chi connectivity index (χ1n) is 8.73. The van der Waals surface area contributed by atoms with Crippen LogP contribution in [-0.2, 0) is 28.0 Å². The van der Waals surface area contributed by atoms with Gasteiger partial charge in [0.1, 0.15) is 0 Å². The second kappa shape index (κ2) is 6.69. The lowest BCUT2D eigenvalue weighted by Crippen LogP contribution is -2.48. The van der Waals surface area contributed by atoms with E-state index in [4.69, 9.17) is 4.74 Å². The van der Waals surface area contributed by atoms with Crippen LogP contribution in [0.4, 0.5) is 0 Å². The number of hydrogen-bond acceptors (Lipinski definition) is 4. The molecule has 1 N–H and O–H groups in total. The van der Waals surface area contributed by atoms with E-state index in [2.05, 4.69) is 21.6 Å². The predicted octanol–water partition coefficient (Wildman–Crippen LogP) is 2.88. The van der Waals surface area contributed by atoms with Crippen molar-refractivity contribution in [3.63, 3.8) is 0 Å². The second-order valence-electron chi connectivity index (χ2n) is 6.69. The minimum absolute atomic E-state index is 0.138. The summed E-state index contributed by atoms with van der Waals surface area (Å²) in [5.74, 6) is 0.273. The summed E-state index contributed by atoms with van der Waals surface area (Å²) in [4.78, 5) is 15.9. The molecule has 2 aromatic heterocycles. The number of nitrogens with zero attached hydrogens (tertiary/aromatic N) is 2. The average Bonchev–Trinajstić information content (AvgIpc) is 3.27. The molecule has 0 aromatic carbocycles. The SMILES string of the molecule is O=C(CCCc1cn[nH]c1)N1CCC2(CC1)OCCc1sccc12. The minimum atomic E-state index is -0.138. The topological polar surface area (TPSA) is 58.2 Å². The Kier molecular flexibility index (Phi) is 4.41. The van der Waals surface area contributed by atoms with Crippen molar-refractivity contribution in [1.82, 2.24) is 15.1 Å². The van der Waals surface area contributed by atoms with Gasteiger partial charge in [-0.2, -0.15) is 5.10 Å². The summed E-state index contributed by atoms with van der Waals surface area (Å²) in [5, 5.41) is 8.93. The largest absolute Gasteiger partial charge is 0.370 e. The Bertz CT molecular complexity index is 687. The van der Waals surface area contributed by atoms with Crippen LogP contribution in [0.2, 0.25) is 0 Å². The van der Waals surface area contributed by atoms with Crippen molar-refractivity contribution in [2.45, 2.75) is 44.1 Å². The van der Waals surface area contributed by atoms with Gasteiger partial charge in [-0.25, -0.2) is 0 Å². The lowest BCUT2D eigenvalue weighted by atomic mass is 9.82. The van der Waals surface area contributed by atoms with Gasteiger partial charge in [-0.15, -0.1) is 11.3 Å². The van der Waals surface area contributed by atoms with Crippen LogP contribution >= 0.6 is 11.3 Å². The van der Waals surface area contributed by atoms with Crippen LogP contribution in [0.3, 0.4) is 0 Å². The number of thiophene rings is 1. The monoisotopic (exact) mass is 345 g/mol. The molecule has 0 radical (unpaired) electrons. The number of rotatable bonds is 4. The molecule has 2 aliphatic heterocycles. The maximum atomic E-state index is 12.5. The number of ether oxygens (including phenoxy) is 1. The molecular weight excluding hydrogens is 322 g/mol. The number of likely N-dealkylation sites (tertiary alicyclic amines) is 1. The van der Waals surface area contributed by atoms with E-state index in [0.29, 0.717) is 6.42 Å². The second-order valence-corrected chi connectivity index (χ2v) is 7.69. The molecule has 5 nitrogen and oxygen atoms in total. The zero-order valence-electron chi connectivity index (χ0n) is 13.8. The molecule has 2 aromatic rings. The molecule has 0 unspecified atom stereocenters. The van der Waals surface area contributed by atoms with Crippen molar-refractivity contribution in [2.24, 2.45) is 0 Å². The zero-order valence-corrected chi connectivity index (χ0v) is 14.6. The molecule has 2 aliphatic rings. The van der Waals surface area contributed by atoms with E-state index in [1.54, 1.807) is 0 Å². The Hall–Kier alpha value is -1.66. The molecule has 0 aliphatic carbocycles. The molecule has 24 heavy (non-hydrogen) atoms. The van der Waals surface area contributed by atoms with Crippen molar-refractivity contribution in [2.75, 3.05) is 19.7 Å². The van der Waals surface area contributed by atoms with Gasteiger partial charge < -0.3 is 9.64 Å².